The highest BCUT2D eigenvalue weighted by Gasteiger charge is 2.34. The largest absolute Gasteiger partial charge is 0.444 e. The lowest BCUT2D eigenvalue weighted by Crippen LogP contribution is -2.52. The Hall–Kier alpha value is -1.25. The first kappa shape index (κ1) is 13.8. The second-order valence-corrected chi connectivity index (χ2v) is 5.37. The molecule has 0 saturated carbocycles. The molecule has 17 heavy (non-hydrogen) atoms. The van der Waals surface area contributed by atoms with Crippen LogP contribution in [-0.2, 0) is 4.74 Å². The summed E-state index contributed by atoms with van der Waals surface area (Å²) in [5.41, 5.74) is 0.891. The highest BCUT2D eigenvalue weighted by atomic mass is 16.6. The van der Waals surface area contributed by atoms with Crippen LogP contribution in [0, 0.1) is 5.92 Å². The minimum atomic E-state index is -0.408. The maximum Gasteiger partial charge on any atom is 0.410 e. The number of hydrogen-bond acceptors (Lipinski definition) is 2. The van der Waals surface area contributed by atoms with Gasteiger partial charge in [-0.05, 0) is 40.2 Å². The second-order valence-electron chi connectivity index (χ2n) is 5.37. The Morgan fingerprint density at radius 1 is 1.29 bits per heavy atom. The van der Waals surface area contributed by atoms with Crippen LogP contribution in [0.1, 0.15) is 34.6 Å². The van der Waals surface area contributed by atoms with Gasteiger partial charge in [0.15, 0.2) is 0 Å². The van der Waals surface area contributed by atoms with Crippen molar-refractivity contribution in [2.24, 2.45) is 5.92 Å². The van der Waals surface area contributed by atoms with E-state index >= 15 is 0 Å². The third kappa shape index (κ3) is 3.91. The van der Waals surface area contributed by atoms with Crippen LogP contribution in [-0.4, -0.2) is 29.7 Å². The van der Waals surface area contributed by atoms with Gasteiger partial charge in [-0.15, -0.1) is 0 Å². The second kappa shape index (κ2) is 5.39. The number of ether oxygens (including phenoxy) is 1. The van der Waals surface area contributed by atoms with E-state index < -0.39 is 5.60 Å². The van der Waals surface area contributed by atoms with Crippen LogP contribution in [0.25, 0.3) is 0 Å². The third-order valence-electron chi connectivity index (χ3n) is 2.70. The minimum Gasteiger partial charge on any atom is -0.444 e. The maximum atomic E-state index is 11.7. The van der Waals surface area contributed by atoms with E-state index in [0.717, 1.165) is 13.1 Å². The molecule has 0 aliphatic carbocycles. The molecule has 0 unspecified atom stereocenters. The number of hydrogen-bond donors (Lipinski definition) is 0. The molecule has 1 rings (SSSR count). The lowest BCUT2D eigenvalue weighted by Gasteiger charge is -2.40. The topological polar surface area (TPSA) is 29.5 Å². The minimum absolute atomic E-state index is 0.204. The van der Waals surface area contributed by atoms with Gasteiger partial charge in [-0.1, -0.05) is 18.2 Å². The standard InChI is InChI=1S/C14H23NO2/c1-6-8-11(7-2)12-9-15(10-12)13(16)17-14(3,4)5/h6-8,12H,9-10H2,1-5H3/b8-6-,11-7+. The molecule has 0 spiro atoms. The average molecular weight is 237 g/mol. The molecule has 96 valence electrons. The van der Waals surface area contributed by atoms with Crippen LogP contribution in [0.4, 0.5) is 4.79 Å². The van der Waals surface area contributed by atoms with Crippen molar-refractivity contribution in [3.8, 4) is 0 Å². The molecule has 1 fully saturated rings. The molecule has 1 heterocycles. The van der Waals surface area contributed by atoms with E-state index in [2.05, 4.69) is 12.2 Å². The first-order valence-corrected chi connectivity index (χ1v) is 6.14. The third-order valence-corrected chi connectivity index (χ3v) is 2.70. The van der Waals surface area contributed by atoms with Gasteiger partial charge in [-0.2, -0.15) is 0 Å². The van der Waals surface area contributed by atoms with Gasteiger partial charge in [-0.3, -0.25) is 0 Å². The highest BCUT2D eigenvalue weighted by molar-refractivity contribution is 5.69. The molecule has 0 bridgehead atoms. The van der Waals surface area contributed by atoms with Crippen molar-refractivity contribution < 1.29 is 9.53 Å². The van der Waals surface area contributed by atoms with Crippen molar-refractivity contribution in [1.82, 2.24) is 4.90 Å². The van der Waals surface area contributed by atoms with Crippen molar-refractivity contribution in [3.05, 3.63) is 23.8 Å². The van der Waals surface area contributed by atoms with Gasteiger partial charge in [0, 0.05) is 19.0 Å². The molecule has 1 aliphatic rings. The number of allylic oxidation sites excluding steroid dienone is 3. The van der Waals surface area contributed by atoms with Crippen molar-refractivity contribution in [2.75, 3.05) is 13.1 Å². The van der Waals surface area contributed by atoms with E-state index in [1.165, 1.54) is 5.57 Å². The predicted octanol–water partition coefficient (Wildman–Crippen LogP) is 3.38. The Balaban J connectivity index is 2.44. The Labute approximate surface area is 104 Å². The van der Waals surface area contributed by atoms with Crippen LogP contribution in [0.15, 0.2) is 23.8 Å². The number of likely N-dealkylation sites (tertiary alicyclic amines) is 1. The van der Waals surface area contributed by atoms with E-state index in [1.807, 2.05) is 40.7 Å². The van der Waals surface area contributed by atoms with E-state index in [1.54, 1.807) is 4.90 Å². The van der Waals surface area contributed by atoms with Crippen molar-refractivity contribution >= 4 is 6.09 Å². The molecule has 1 amide bonds. The van der Waals surface area contributed by atoms with Crippen LogP contribution in [0.3, 0.4) is 0 Å². The number of carbonyl (C=O) groups excluding carboxylic acids is 1. The summed E-state index contributed by atoms with van der Waals surface area (Å²) in [7, 11) is 0. The number of nitrogens with zero attached hydrogens (tertiary/aromatic N) is 1. The molecular weight excluding hydrogens is 214 g/mol. The zero-order valence-corrected chi connectivity index (χ0v) is 11.5. The fourth-order valence-corrected chi connectivity index (χ4v) is 1.83. The summed E-state index contributed by atoms with van der Waals surface area (Å²) in [6.45, 7) is 11.2. The molecule has 0 aromatic carbocycles. The number of amides is 1. The van der Waals surface area contributed by atoms with Gasteiger partial charge < -0.3 is 9.64 Å². The van der Waals surface area contributed by atoms with Crippen molar-refractivity contribution in [3.63, 3.8) is 0 Å². The SMILES string of the molecule is C/C=C\C(=C/C)C1CN(C(=O)OC(C)(C)C)C1. The van der Waals surface area contributed by atoms with Crippen LogP contribution < -0.4 is 0 Å². The van der Waals surface area contributed by atoms with Gasteiger partial charge in [0.05, 0.1) is 0 Å². The molecule has 1 aliphatic heterocycles. The van der Waals surface area contributed by atoms with E-state index in [0.29, 0.717) is 5.92 Å². The summed E-state index contributed by atoms with van der Waals surface area (Å²) in [5.74, 6) is 0.462. The van der Waals surface area contributed by atoms with Crippen LogP contribution in [0.5, 0.6) is 0 Å². The van der Waals surface area contributed by atoms with Crippen molar-refractivity contribution in [1.29, 1.82) is 0 Å². The summed E-state index contributed by atoms with van der Waals surface area (Å²) >= 11 is 0. The van der Waals surface area contributed by atoms with Gasteiger partial charge in [0.1, 0.15) is 5.60 Å². The summed E-state index contributed by atoms with van der Waals surface area (Å²) in [4.78, 5) is 13.5. The Morgan fingerprint density at radius 3 is 2.29 bits per heavy atom. The average Bonchev–Trinajstić information content (AvgIpc) is 2.11. The fraction of sp³-hybridized carbons (Fsp3) is 0.643. The summed E-state index contributed by atoms with van der Waals surface area (Å²) in [5, 5.41) is 0. The summed E-state index contributed by atoms with van der Waals surface area (Å²) < 4.78 is 5.31. The number of carbonyl (C=O) groups is 1. The molecule has 3 heteroatoms. The molecular formula is C14H23NO2. The normalized spacial score (nSPS) is 18.4. The number of rotatable bonds is 2. The first-order valence-electron chi connectivity index (χ1n) is 6.14. The van der Waals surface area contributed by atoms with Gasteiger partial charge in [0.25, 0.3) is 0 Å². The van der Waals surface area contributed by atoms with E-state index in [9.17, 15) is 4.79 Å². The van der Waals surface area contributed by atoms with Crippen LogP contribution >= 0.6 is 0 Å². The van der Waals surface area contributed by atoms with Crippen LogP contribution in [0.2, 0.25) is 0 Å². The highest BCUT2D eigenvalue weighted by Crippen LogP contribution is 2.26. The molecule has 1 saturated heterocycles. The molecule has 3 nitrogen and oxygen atoms in total. The summed E-state index contributed by atoms with van der Waals surface area (Å²) in [6.07, 6.45) is 6.05. The Bertz CT molecular complexity index is 331. The molecule has 0 atom stereocenters. The maximum absolute atomic E-state index is 11.7. The Kier molecular flexibility index (Phi) is 4.38. The lowest BCUT2D eigenvalue weighted by atomic mass is 9.91. The van der Waals surface area contributed by atoms with Gasteiger partial charge >= 0.3 is 6.09 Å². The summed E-state index contributed by atoms with van der Waals surface area (Å²) in [6, 6.07) is 0. The smallest absolute Gasteiger partial charge is 0.410 e. The molecule has 0 radical (unpaired) electrons. The van der Waals surface area contributed by atoms with E-state index in [4.69, 9.17) is 4.74 Å². The molecule has 0 aromatic rings. The van der Waals surface area contributed by atoms with Gasteiger partial charge in [-0.25, -0.2) is 4.79 Å². The fourth-order valence-electron chi connectivity index (χ4n) is 1.83. The first-order chi connectivity index (χ1) is 7.87. The monoisotopic (exact) mass is 237 g/mol. The molecule has 0 N–H and O–H groups in total. The van der Waals surface area contributed by atoms with E-state index in [-0.39, 0.29) is 6.09 Å². The quantitative estimate of drug-likeness (QED) is 0.689. The van der Waals surface area contributed by atoms with Gasteiger partial charge in [0.2, 0.25) is 0 Å². The van der Waals surface area contributed by atoms with Crippen molar-refractivity contribution in [2.45, 2.75) is 40.2 Å². The Morgan fingerprint density at radius 2 is 1.88 bits per heavy atom. The predicted molar refractivity (Wildman–Crippen MR) is 69.9 cm³/mol. The molecule has 0 aromatic heterocycles. The zero-order chi connectivity index (χ0) is 13.1. The lowest BCUT2D eigenvalue weighted by molar-refractivity contribution is 0.00404. The zero-order valence-electron chi connectivity index (χ0n) is 11.5.